The molecule has 0 bridgehead atoms. The van der Waals surface area contributed by atoms with E-state index in [1.807, 2.05) is 0 Å². The number of amides is 1. The van der Waals surface area contributed by atoms with Crippen molar-refractivity contribution in [3.8, 4) is 0 Å². The molecule has 2 fully saturated rings. The van der Waals surface area contributed by atoms with Crippen molar-refractivity contribution >= 4 is 5.91 Å². The summed E-state index contributed by atoms with van der Waals surface area (Å²) in [7, 11) is 0. The average Bonchev–Trinajstić information content (AvgIpc) is 3.19. The van der Waals surface area contributed by atoms with Gasteiger partial charge >= 0.3 is 0 Å². The highest BCUT2D eigenvalue weighted by molar-refractivity contribution is 5.92. The van der Waals surface area contributed by atoms with Crippen LogP contribution in [0.4, 0.5) is 0 Å². The fourth-order valence-electron chi connectivity index (χ4n) is 4.36. The summed E-state index contributed by atoms with van der Waals surface area (Å²) < 4.78 is 5.59. The number of aromatic nitrogens is 1. The molecule has 0 atom stereocenters. The predicted octanol–water partition coefficient (Wildman–Crippen LogP) is 3.36. The summed E-state index contributed by atoms with van der Waals surface area (Å²) in [5.41, 5.74) is 3.09. The van der Waals surface area contributed by atoms with Gasteiger partial charge in [0.15, 0.2) is 5.69 Å². The van der Waals surface area contributed by atoms with Crippen LogP contribution in [0.3, 0.4) is 0 Å². The molecule has 2 aliphatic rings. The van der Waals surface area contributed by atoms with Gasteiger partial charge in [0, 0.05) is 38.8 Å². The van der Waals surface area contributed by atoms with E-state index in [1.165, 1.54) is 36.7 Å². The van der Waals surface area contributed by atoms with Crippen molar-refractivity contribution in [2.45, 2.75) is 58.2 Å². The first-order chi connectivity index (χ1) is 14.2. The number of benzene rings is 1. The van der Waals surface area contributed by atoms with Gasteiger partial charge < -0.3 is 9.73 Å². The van der Waals surface area contributed by atoms with Crippen molar-refractivity contribution in [3.05, 3.63) is 53.2 Å². The molecule has 1 amide bonds. The Hall–Kier alpha value is -2.18. The Morgan fingerprint density at radius 2 is 1.83 bits per heavy atom. The fourth-order valence-corrected chi connectivity index (χ4v) is 4.36. The largest absolute Gasteiger partial charge is 0.447 e. The number of nitrogens with zero attached hydrogens (tertiary/aromatic N) is 3. The van der Waals surface area contributed by atoms with Gasteiger partial charge in [-0.05, 0) is 25.3 Å². The first-order valence-electron chi connectivity index (χ1n) is 10.9. The van der Waals surface area contributed by atoms with Crippen LogP contribution in [0.2, 0.25) is 0 Å². The van der Waals surface area contributed by atoms with Crippen molar-refractivity contribution in [2.24, 2.45) is 0 Å². The monoisotopic (exact) mass is 396 g/mol. The quantitative estimate of drug-likeness (QED) is 0.811. The second kappa shape index (κ2) is 9.55. The highest BCUT2D eigenvalue weighted by atomic mass is 16.3. The Morgan fingerprint density at radius 1 is 1.10 bits per heavy atom. The Kier molecular flexibility index (Phi) is 6.62. The van der Waals surface area contributed by atoms with Crippen LogP contribution in [0.25, 0.3) is 0 Å². The summed E-state index contributed by atoms with van der Waals surface area (Å²) in [6, 6.07) is 9.02. The lowest BCUT2D eigenvalue weighted by atomic mass is 9.95. The van der Waals surface area contributed by atoms with Crippen LogP contribution >= 0.6 is 0 Å². The molecule has 6 nitrogen and oxygen atoms in total. The summed E-state index contributed by atoms with van der Waals surface area (Å²) >= 11 is 0. The Bertz CT molecular complexity index is 805. The lowest BCUT2D eigenvalue weighted by Crippen LogP contribution is -2.45. The molecule has 0 radical (unpaired) electrons. The topological polar surface area (TPSA) is 61.6 Å². The van der Waals surface area contributed by atoms with Crippen molar-refractivity contribution in [3.63, 3.8) is 0 Å². The smallest absolute Gasteiger partial charge is 0.273 e. The molecule has 4 rings (SSSR count). The highest BCUT2D eigenvalue weighted by Gasteiger charge is 2.21. The standard InChI is InChI=1S/C23H32N4O2/c1-18-6-5-7-19(14-18)15-26-10-12-27(13-11-26)16-22-25-21(17-29-22)23(28)24-20-8-3-2-4-9-20/h5-7,14,17,20H,2-4,8-13,15-16H2,1H3,(H,24,28). The van der Waals surface area contributed by atoms with Crippen molar-refractivity contribution < 1.29 is 9.21 Å². The zero-order valence-corrected chi connectivity index (χ0v) is 17.4. The highest BCUT2D eigenvalue weighted by Crippen LogP contribution is 2.18. The zero-order chi connectivity index (χ0) is 20.1. The number of carbonyl (C=O) groups excluding carboxylic acids is 1. The molecule has 0 unspecified atom stereocenters. The summed E-state index contributed by atoms with van der Waals surface area (Å²) in [6.07, 6.45) is 7.32. The van der Waals surface area contributed by atoms with Crippen LogP contribution in [-0.4, -0.2) is 52.9 Å². The van der Waals surface area contributed by atoms with E-state index in [0.717, 1.165) is 45.6 Å². The molecule has 156 valence electrons. The molecule has 1 saturated carbocycles. The molecular formula is C23H32N4O2. The molecule has 6 heteroatoms. The van der Waals surface area contributed by atoms with Crippen LogP contribution in [-0.2, 0) is 13.1 Å². The maximum absolute atomic E-state index is 12.4. The molecule has 29 heavy (non-hydrogen) atoms. The first kappa shape index (κ1) is 20.1. The van der Waals surface area contributed by atoms with Gasteiger partial charge in [-0.25, -0.2) is 4.98 Å². The summed E-state index contributed by atoms with van der Waals surface area (Å²) in [5, 5.41) is 3.10. The van der Waals surface area contributed by atoms with Gasteiger partial charge in [0.1, 0.15) is 6.26 Å². The summed E-state index contributed by atoms with van der Waals surface area (Å²) in [6.45, 7) is 7.83. The number of carbonyl (C=O) groups is 1. The van der Waals surface area contributed by atoms with Crippen molar-refractivity contribution in [1.29, 1.82) is 0 Å². The number of aryl methyl sites for hydroxylation is 1. The maximum atomic E-state index is 12.4. The molecule has 0 spiro atoms. The van der Waals surface area contributed by atoms with Crippen molar-refractivity contribution in [1.82, 2.24) is 20.1 Å². The normalized spacial score (nSPS) is 19.3. The van der Waals surface area contributed by atoms with Crippen LogP contribution in [0.5, 0.6) is 0 Å². The molecule has 1 aliphatic heterocycles. The number of rotatable bonds is 6. The molecule has 1 N–H and O–H groups in total. The minimum absolute atomic E-state index is 0.102. The SMILES string of the molecule is Cc1cccc(CN2CCN(Cc3nc(C(=O)NC4CCCCC4)co3)CC2)c1. The summed E-state index contributed by atoms with van der Waals surface area (Å²) in [4.78, 5) is 21.7. The molecule has 1 aliphatic carbocycles. The van der Waals surface area contributed by atoms with Crippen LogP contribution in [0.15, 0.2) is 34.9 Å². The lowest BCUT2D eigenvalue weighted by molar-refractivity contribution is 0.0922. The van der Waals surface area contributed by atoms with E-state index in [0.29, 0.717) is 18.1 Å². The number of nitrogens with one attached hydrogen (secondary N) is 1. The second-order valence-electron chi connectivity index (χ2n) is 8.48. The van der Waals surface area contributed by atoms with E-state index < -0.39 is 0 Å². The summed E-state index contributed by atoms with van der Waals surface area (Å²) in [5.74, 6) is 0.529. The average molecular weight is 397 g/mol. The van der Waals surface area contributed by atoms with Gasteiger partial charge in [-0.15, -0.1) is 0 Å². The van der Waals surface area contributed by atoms with Crippen molar-refractivity contribution in [2.75, 3.05) is 26.2 Å². The maximum Gasteiger partial charge on any atom is 0.273 e. The van der Waals surface area contributed by atoms with Crippen LogP contribution < -0.4 is 5.32 Å². The van der Waals surface area contributed by atoms with Gasteiger partial charge in [0.25, 0.3) is 5.91 Å². The van der Waals surface area contributed by atoms with Gasteiger partial charge in [-0.3, -0.25) is 14.6 Å². The third-order valence-corrected chi connectivity index (χ3v) is 6.04. The minimum atomic E-state index is -0.102. The van der Waals surface area contributed by atoms with Gasteiger partial charge in [0.05, 0.1) is 6.54 Å². The van der Waals surface area contributed by atoms with Gasteiger partial charge in [-0.1, -0.05) is 49.1 Å². The third-order valence-electron chi connectivity index (χ3n) is 6.04. The zero-order valence-electron chi connectivity index (χ0n) is 17.4. The van der Waals surface area contributed by atoms with E-state index in [2.05, 4.69) is 51.3 Å². The van der Waals surface area contributed by atoms with E-state index >= 15 is 0 Å². The first-order valence-corrected chi connectivity index (χ1v) is 10.9. The molecule has 2 aromatic rings. The van der Waals surface area contributed by atoms with Crippen LogP contribution in [0, 0.1) is 6.92 Å². The van der Waals surface area contributed by atoms with Gasteiger partial charge in [-0.2, -0.15) is 0 Å². The Morgan fingerprint density at radius 3 is 2.55 bits per heavy atom. The number of hydrogen-bond acceptors (Lipinski definition) is 5. The third kappa shape index (κ3) is 5.67. The predicted molar refractivity (Wildman–Crippen MR) is 113 cm³/mol. The second-order valence-corrected chi connectivity index (χ2v) is 8.48. The van der Waals surface area contributed by atoms with Crippen LogP contribution in [0.1, 0.15) is 59.6 Å². The molecule has 1 aromatic heterocycles. The Labute approximate surface area is 173 Å². The number of piperazine rings is 1. The van der Waals surface area contributed by atoms with Gasteiger partial charge in [0.2, 0.25) is 5.89 Å². The van der Waals surface area contributed by atoms with E-state index in [9.17, 15) is 4.79 Å². The minimum Gasteiger partial charge on any atom is -0.447 e. The Balaban J connectivity index is 1.23. The van der Waals surface area contributed by atoms with E-state index in [1.54, 1.807) is 0 Å². The number of hydrogen-bond donors (Lipinski definition) is 1. The molecular weight excluding hydrogens is 364 g/mol. The van der Waals surface area contributed by atoms with E-state index in [-0.39, 0.29) is 11.9 Å². The molecule has 1 aromatic carbocycles. The molecule has 1 saturated heterocycles. The fraction of sp³-hybridized carbons (Fsp3) is 0.565. The van der Waals surface area contributed by atoms with E-state index in [4.69, 9.17) is 4.42 Å². The lowest BCUT2D eigenvalue weighted by Gasteiger charge is -2.34. The molecule has 2 heterocycles. The number of oxazole rings is 1.